The number of hydrogen-bond donors (Lipinski definition) is 1. The second-order valence-electron chi connectivity index (χ2n) is 3.31. The second-order valence-corrected chi connectivity index (χ2v) is 4.87. The zero-order valence-corrected chi connectivity index (χ0v) is 10.9. The van der Waals surface area contributed by atoms with Gasteiger partial charge in [-0.2, -0.15) is 12.6 Å². The van der Waals surface area contributed by atoms with Crippen LogP contribution in [0, 0.1) is 5.92 Å². The quantitative estimate of drug-likeness (QED) is 0.594. The molecule has 1 rings (SSSR count). The molecule has 0 bridgehead atoms. The summed E-state index contributed by atoms with van der Waals surface area (Å²) >= 11 is 22.2. The highest BCUT2D eigenvalue weighted by molar-refractivity contribution is 7.80. The Morgan fingerprint density at radius 1 is 1.21 bits per heavy atom. The molecule has 0 amide bonds. The van der Waals surface area contributed by atoms with Crippen LogP contribution in [0.3, 0.4) is 0 Å². The Labute approximate surface area is 105 Å². The Morgan fingerprint density at radius 3 is 2.36 bits per heavy atom. The molecule has 4 heteroatoms. The lowest BCUT2D eigenvalue weighted by Crippen LogP contribution is -2.02. The van der Waals surface area contributed by atoms with Gasteiger partial charge in [-0.25, -0.2) is 0 Å². The molecule has 0 heterocycles. The molecule has 0 N–H and O–H groups in total. The van der Waals surface area contributed by atoms with E-state index in [2.05, 4.69) is 19.6 Å². The van der Waals surface area contributed by atoms with Crippen molar-refractivity contribution in [3.63, 3.8) is 0 Å². The smallest absolute Gasteiger partial charge is 0.0639 e. The maximum Gasteiger partial charge on any atom is 0.0639 e. The van der Waals surface area contributed by atoms with Crippen molar-refractivity contribution in [3.05, 3.63) is 32.8 Å². The molecular weight excluding hydrogens is 259 g/mol. The molecule has 1 aromatic rings. The van der Waals surface area contributed by atoms with Gasteiger partial charge in [0.05, 0.1) is 10.0 Å². The summed E-state index contributed by atoms with van der Waals surface area (Å²) in [5, 5.41) is 1.79. The van der Waals surface area contributed by atoms with Crippen molar-refractivity contribution in [1.29, 1.82) is 0 Å². The third-order valence-corrected chi connectivity index (χ3v) is 3.82. The highest BCUT2D eigenvalue weighted by Crippen LogP contribution is 2.33. The van der Waals surface area contributed by atoms with E-state index >= 15 is 0 Å². The first-order valence-electron chi connectivity index (χ1n) is 4.29. The van der Waals surface area contributed by atoms with E-state index in [9.17, 15) is 0 Å². The van der Waals surface area contributed by atoms with Gasteiger partial charge in [0.15, 0.2) is 0 Å². The lowest BCUT2D eigenvalue weighted by Gasteiger charge is -2.12. The first-order valence-corrected chi connectivity index (χ1v) is 6.06. The molecule has 0 radical (unpaired) electrons. The minimum absolute atomic E-state index is 0.437. The van der Waals surface area contributed by atoms with Crippen LogP contribution in [0.4, 0.5) is 0 Å². The van der Waals surface area contributed by atoms with E-state index in [-0.39, 0.29) is 0 Å². The normalized spacial score (nSPS) is 12.9. The number of rotatable bonds is 3. The summed E-state index contributed by atoms with van der Waals surface area (Å²) in [6.07, 6.45) is 0.807. The van der Waals surface area contributed by atoms with Crippen LogP contribution in [0.25, 0.3) is 0 Å². The summed E-state index contributed by atoms with van der Waals surface area (Å²) in [5.74, 6) is 1.24. The van der Waals surface area contributed by atoms with Gasteiger partial charge in [0.2, 0.25) is 0 Å². The van der Waals surface area contributed by atoms with E-state index in [1.54, 1.807) is 12.1 Å². The lowest BCUT2D eigenvalue weighted by atomic mass is 10.0. The van der Waals surface area contributed by atoms with Gasteiger partial charge in [0.25, 0.3) is 0 Å². The number of benzene rings is 1. The van der Waals surface area contributed by atoms with E-state index in [0.717, 1.165) is 17.7 Å². The van der Waals surface area contributed by atoms with Gasteiger partial charge in [-0.3, -0.25) is 0 Å². The summed E-state index contributed by atoms with van der Waals surface area (Å²) in [4.78, 5) is 0. The summed E-state index contributed by atoms with van der Waals surface area (Å²) in [6.45, 7) is 2.10. The van der Waals surface area contributed by atoms with Gasteiger partial charge >= 0.3 is 0 Å². The second kappa shape index (κ2) is 5.50. The van der Waals surface area contributed by atoms with Crippen LogP contribution in [0.5, 0.6) is 0 Å². The summed E-state index contributed by atoms with van der Waals surface area (Å²) < 4.78 is 0. The molecule has 0 fully saturated rings. The molecule has 1 atom stereocenters. The van der Waals surface area contributed by atoms with Crippen LogP contribution in [-0.4, -0.2) is 5.75 Å². The SMILES string of the molecule is CC(CS)Cc1c(Cl)ccc(Cl)c1Cl. The van der Waals surface area contributed by atoms with E-state index < -0.39 is 0 Å². The standard InChI is InChI=1S/C10H11Cl3S/c1-6(5-14)4-7-8(11)2-3-9(12)10(7)13/h2-3,6,14H,4-5H2,1H3. The van der Waals surface area contributed by atoms with Crippen molar-refractivity contribution >= 4 is 47.4 Å². The Morgan fingerprint density at radius 2 is 1.79 bits per heavy atom. The average molecular weight is 270 g/mol. The molecule has 0 spiro atoms. The number of halogens is 3. The predicted molar refractivity (Wildman–Crippen MR) is 68.2 cm³/mol. The molecule has 1 aromatic carbocycles. The highest BCUT2D eigenvalue weighted by Gasteiger charge is 2.12. The van der Waals surface area contributed by atoms with Crippen LogP contribution < -0.4 is 0 Å². The Kier molecular flexibility index (Phi) is 4.92. The summed E-state index contributed by atoms with van der Waals surface area (Å²) in [6, 6.07) is 3.48. The van der Waals surface area contributed by atoms with Gasteiger partial charge < -0.3 is 0 Å². The largest absolute Gasteiger partial charge is 0.179 e. The van der Waals surface area contributed by atoms with Crippen molar-refractivity contribution in [1.82, 2.24) is 0 Å². The average Bonchev–Trinajstić information content (AvgIpc) is 2.18. The highest BCUT2D eigenvalue weighted by atomic mass is 35.5. The lowest BCUT2D eigenvalue weighted by molar-refractivity contribution is 0.661. The van der Waals surface area contributed by atoms with Gasteiger partial charge in [0, 0.05) is 5.02 Å². The number of thiol groups is 1. The predicted octanol–water partition coefficient (Wildman–Crippen LogP) is 4.76. The van der Waals surface area contributed by atoms with Crippen molar-refractivity contribution in [2.24, 2.45) is 5.92 Å². The molecule has 0 saturated heterocycles. The molecule has 14 heavy (non-hydrogen) atoms. The van der Waals surface area contributed by atoms with Crippen LogP contribution >= 0.6 is 47.4 Å². The fourth-order valence-corrected chi connectivity index (χ4v) is 2.00. The third-order valence-electron chi connectivity index (χ3n) is 2.00. The van der Waals surface area contributed by atoms with Crippen LogP contribution in [0.1, 0.15) is 12.5 Å². The minimum Gasteiger partial charge on any atom is -0.179 e. The van der Waals surface area contributed by atoms with Crippen molar-refractivity contribution in [2.45, 2.75) is 13.3 Å². The Hall–Kier alpha value is 0.440. The Balaban J connectivity index is 3.00. The monoisotopic (exact) mass is 268 g/mol. The number of hydrogen-bond acceptors (Lipinski definition) is 1. The molecular formula is C10H11Cl3S. The zero-order chi connectivity index (χ0) is 10.7. The van der Waals surface area contributed by atoms with Gasteiger partial charge in [-0.1, -0.05) is 41.7 Å². The molecule has 0 aromatic heterocycles. The van der Waals surface area contributed by atoms with Gasteiger partial charge in [-0.05, 0) is 35.8 Å². The van der Waals surface area contributed by atoms with E-state index in [4.69, 9.17) is 34.8 Å². The maximum atomic E-state index is 6.06. The fraction of sp³-hybridized carbons (Fsp3) is 0.400. The van der Waals surface area contributed by atoms with Gasteiger partial charge in [0.1, 0.15) is 0 Å². The van der Waals surface area contributed by atoms with Crippen LogP contribution in [0.15, 0.2) is 12.1 Å². The molecule has 0 aliphatic rings. The van der Waals surface area contributed by atoms with Crippen molar-refractivity contribution in [3.8, 4) is 0 Å². The molecule has 0 nitrogen and oxygen atoms in total. The zero-order valence-electron chi connectivity index (χ0n) is 7.73. The maximum absolute atomic E-state index is 6.06. The van der Waals surface area contributed by atoms with E-state index in [1.165, 1.54) is 0 Å². The van der Waals surface area contributed by atoms with Crippen LogP contribution in [-0.2, 0) is 6.42 Å². The van der Waals surface area contributed by atoms with Gasteiger partial charge in [-0.15, -0.1) is 0 Å². The van der Waals surface area contributed by atoms with Crippen LogP contribution in [0.2, 0.25) is 15.1 Å². The van der Waals surface area contributed by atoms with E-state index in [1.807, 2.05) is 0 Å². The van der Waals surface area contributed by atoms with Crippen molar-refractivity contribution in [2.75, 3.05) is 5.75 Å². The summed E-state index contributed by atoms with van der Waals surface area (Å²) in [7, 11) is 0. The topological polar surface area (TPSA) is 0 Å². The minimum atomic E-state index is 0.437. The van der Waals surface area contributed by atoms with Crippen molar-refractivity contribution < 1.29 is 0 Å². The molecule has 1 unspecified atom stereocenters. The first kappa shape index (κ1) is 12.5. The molecule has 78 valence electrons. The molecule has 0 saturated carbocycles. The molecule has 0 aliphatic carbocycles. The van der Waals surface area contributed by atoms with E-state index in [0.29, 0.717) is 21.0 Å². The molecule has 0 aliphatic heterocycles. The fourth-order valence-electron chi connectivity index (χ4n) is 1.17. The third kappa shape index (κ3) is 2.96. The first-order chi connectivity index (χ1) is 6.56. The summed E-state index contributed by atoms with van der Waals surface area (Å²) in [5.41, 5.74) is 0.919. The Bertz CT molecular complexity index is 325.